The topological polar surface area (TPSA) is 0 Å². The number of halogens is 1. The first kappa shape index (κ1) is 10.5. The summed E-state index contributed by atoms with van der Waals surface area (Å²) < 4.78 is 0. The number of hydrogen-bond acceptors (Lipinski definition) is 0. The second-order valence-corrected chi connectivity index (χ2v) is 4.13. The second kappa shape index (κ2) is 4.67. The fourth-order valence-corrected chi connectivity index (χ4v) is 2.24. The lowest BCUT2D eigenvalue weighted by molar-refractivity contribution is 1.04. The number of hydrogen-bond donors (Lipinski definition) is 0. The van der Waals surface area contributed by atoms with Crippen LogP contribution in [0.1, 0.15) is 29.5 Å². The minimum Gasteiger partial charge on any atom is -0.122 e. The Kier molecular flexibility index (Phi) is 3.27. The monoisotopic (exact) mass is 218 g/mol. The standard InChI is InChI=1S/C14H15Cl/c1-11-13(10-15)8-5-9-14(11)12-6-3-2-4-7-12/h3,5-9H,2,4,10H2,1H3. The van der Waals surface area contributed by atoms with E-state index in [0.717, 1.165) is 12.8 Å². The first-order chi connectivity index (χ1) is 7.33. The molecule has 0 saturated carbocycles. The first-order valence-electron chi connectivity index (χ1n) is 5.34. The summed E-state index contributed by atoms with van der Waals surface area (Å²) in [5.74, 6) is 0.594. The van der Waals surface area contributed by atoms with Gasteiger partial charge in [0.05, 0.1) is 0 Å². The lowest BCUT2D eigenvalue weighted by Gasteiger charge is -2.12. The highest BCUT2D eigenvalue weighted by Gasteiger charge is 2.06. The van der Waals surface area contributed by atoms with E-state index in [2.05, 4.69) is 43.4 Å². The van der Waals surface area contributed by atoms with Crippen molar-refractivity contribution in [1.82, 2.24) is 0 Å². The molecular weight excluding hydrogens is 204 g/mol. The molecule has 1 aliphatic rings. The van der Waals surface area contributed by atoms with Crippen LogP contribution >= 0.6 is 11.6 Å². The van der Waals surface area contributed by atoms with Gasteiger partial charge >= 0.3 is 0 Å². The van der Waals surface area contributed by atoms with Crippen LogP contribution in [0.25, 0.3) is 5.57 Å². The molecule has 2 rings (SSSR count). The third-order valence-electron chi connectivity index (χ3n) is 2.90. The maximum absolute atomic E-state index is 5.91. The molecule has 0 spiro atoms. The summed E-state index contributed by atoms with van der Waals surface area (Å²) in [6, 6.07) is 6.36. The quantitative estimate of drug-likeness (QED) is 0.643. The predicted octanol–water partition coefficient (Wildman–Crippen LogP) is 4.47. The first-order valence-corrected chi connectivity index (χ1v) is 5.88. The van der Waals surface area contributed by atoms with Gasteiger partial charge in [0.2, 0.25) is 0 Å². The van der Waals surface area contributed by atoms with Crippen LogP contribution in [0.4, 0.5) is 0 Å². The normalized spacial score (nSPS) is 15.2. The lowest BCUT2D eigenvalue weighted by Crippen LogP contribution is -1.93. The summed E-state index contributed by atoms with van der Waals surface area (Å²) in [5.41, 5.74) is 5.20. The molecule has 1 aromatic rings. The molecule has 0 fully saturated rings. The van der Waals surface area contributed by atoms with Crippen LogP contribution in [0.2, 0.25) is 0 Å². The Bertz CT molecular complexity index is 413. The Morgan fingerprint density at radius 3 is 2.80 bits per heavy atom. The fraction of sp³-hybridized carbons (Fsp3) is 0.286. The van der Waals surface area contributed by atoms with Gasteiger partial charge in [0.15, 0.2) is 0 Å². The van der Waals surface area contributed by atoms with E-state index in [1.54, 1.807) is 0 Å². The van der Waals surface area contributed by atoms with Crippen LogP contribution in [0.3, 0.4) is 0 Å². The molecular formula is C14H15Cl. The van der Waals surface area contributed by atoms with E-state index >= 15 is 0 Å². The Balaban J connectivity index is 2.44. The van der Waals surface area contributed by atoms with Gasteiger partial charge in [-0.15, -0.1) is 11.6 Å². The maximum atomic E-state index is 5.91. The summed E-state index contributed by atoms with van der Waals surface area (Å²) in [6.07, 6.45) is 9.07. The van der Waals surface area contributed by atoms with Crippen molar-refractivity contribution < 1.29 is 0 Å². The molecule has 0 radical (unpaired) electrons. The van der Waals surface area contributed by atoms with Gasteiger partial charge in [-0.05, 0) is 42.0 Å². The lowest BCUT2D eigenvalue weighted by atomic mass is 9.94. The molecule has 1 aromatic carbocycles. The zero-order chi connectivity index (χ0) is 10.7. The number of rotatable bonds is 2. The van der Waals surface area contributed by atoms with Crippen LogP contribution in [-0.2, 0) is 5.88 Å². The molecule has 15 heavy (non-hydrogen) atoms. The Labute approximate surface area is 96.3 Å². The molecule has 1 heteroatoms. The summed E-state index contributed by atoms with van der Waals surface area (Å²) in [4.78, 5) is 0. The predicted molar refractivity (Wildman–Crippen MR) is 67.1 cm³/mol. The SMILES string of the molecule is Cc1c(CCl)cccc1C1=CCCC=C1. The Morgan fingerprint density at radius 1 is 1.27 bits per heavy atom. The highest BCUT2D eigenvalue weighted by atomic mass is 35.5. The van der Waals surface area contributed by atoms with E-state index in [9.17, 15) is 0 Å². The van der Waals surface area contributed by atoms with Crippen molar-refractivity contribution in [2.75, 3.05) is 0 Å². The van der Waals surface area contributed by atoms with Crippen molar-refractivity contribution in [2.24, 2.45) is 0 Å². The number of benzene rings is 1. The van der Waals surface area contributed by atoms with Crippen LogP contribution in [-0.4, -0.2) is 0 Å². The van der Waals surface area contributed by atoms with Gasteiger partial charge in [-0.2, -0.15) is 0 Å². The molecule has 0 heterocycles. The minimum atomic E-state index is 0.594. The van der Waals surface area contributed by atoms with Crippen molar-refractivity contribution in [3.63, 3.8) is 0 Å². The maximum Gasteiger partial charge on any atom is 0.0476 e. The highest BCUT2D eigenvalue weighted by Crippen LogP contribution is 2.26. The molecule has 0 nitrogen and oxygen atoms in total. The number of alkyl halides is 1. The van der Waals surface area contributed by atoms with E-state index in [-0.39, 0.29) is 0 Å². The van der Waals surface area contributed by atoms with Gasteiger partial charge in [-0.25, -0.2) is 0 Å². The zero-order valence-corrected chi connectivity index (χ0v) is 9.72. The summed E-state index contributed by atoms with van der Waals surface area (Å²) in [6.45, 7) is 2.15. The summed E-state index contributed by atoms with van der Waals surface area (Å²) in [5, 5.41) is 0. The van der Waals surface area contributed by atoms with Gasteiger partial charge in [0, 0.05) is 5.88 Å². The fourth-order valence-electron chi connectivity index (χ4n) is 1.95. The third-order valence-corrected chi connectivity index (χ3v) is 3.18. The average molecular weight is 219 g/mol. The van der Waals surface area contributed by atoms with Gasteiger partial charge in [0.25, 0.3) is 0 Å². The molecule has 0 aromatic heterocycles. The van der Waals surface area contributed by atoms with Crippen molar-refractivity contribution in [1.29, 1.82) is 0 Å². The highest BCUT2D eigenvalue weighted by molar-refractivity contribution is 6.17. The molecule has 0 amide bonds. The van der Waals surface area contributed by atoms with Crippen molar-refractivity contribution >= 4 is 17.2 Å². The van der Waals surface area contributed by atoms with Crippen LogP contribution in [0.15, 0.2) is 36.4 Å². The zero-order valence-electron chi connectivity index (χ0n) is 8.96. The van der Waals surface area contributed by atoms with E-state index < -0.39 is 0 Å². The minimum absolute atomic E-state index is 0.594. The molecule has 0 unspecified atom stereocenters. The summed E-state index contributed by atoms with van der Waals surface area (Å²) in [7, 11) is 0. The van der Waals surface area contributed by atoms with E-state index in [1.165, 1.54) is 22.3 Å². The van der Waals surface area contributed by atoms with Crippen molar-refractivity contribution in [2.45, 2.75) is 25.6 Å². The number of allylic oxidation sites excluding steroid dienone is 4. The molecule has 1 aliphatic carbocycles. The van der Waals surface area contributed by atoms with E-state index in [1.807, 2.05) is 0 Å². The molecule has 0 saturated heterocycles. The van der Waals surface area contributed by atoms with Crippen LogP contribution < -0.4 is 0 Å². The second-order valence-electron chi connectivity index (χ2n) is 3.86. The van der Waals surface area contributed by atoms with Crippen molar-refractivity contribution in [3.8, 4) is 0 Å². The molecule has 78 valence electrons. The molecule has 0 bridgehead atoms. The molecule has 0 atom stereocenters. The smallest absolute Gasteiger partial charge is 0.0476 e. The van der Waals surface area contributed by atoms with E-state index in [0.29, 0.717) is 5.88 Å². The van der Waals surface area contributed by atoms with Gasteiger partial charge < -0.3 is 0 Å². The van der Waals surface area contributed by atoms with Crippen LogP contribution in [0, 0.1) is 6.92 Å². The van der Waals surface area contributed by atoms with Crippen LogP contribution in [0.5, 0.6) is 0 Å². The largest absolute Gasteiger partial charge is 0.122 e. The van der Waals surface area contributed by atoms with Gasteiger partial charge in [-0.1, -0.05) is 36.4 Å². The Morgan fingerprint density at radius 2 is 2.13 bits per heavy atom. The molecule has 0 aliphatic heterocycles. The Hall–Kier alpha value is -1.01. The van der Waals surface area contributed by atoms with Crippen molar-refractivity contribution in [3.05, 3.63) is 53.1 Å². The van der Waals surface area contributed by atoms with Gasteiger partial charge in [0.1, 0.15) is 0 Å². The summed E-state index contributed by atoms with van der Waals surface area (Å²) >= 11 is 5.91. The average Bonchev–Trinajstić information content (AvgIpc) is 2.30. The van der Waals surface area contributed by atoms with Gasteiger partial charge in [-0.3, -0.25) is 0 Å². The third kappa shape index (κ3) is 2.15. The van der Waals surface area contributed by atoms with E-state index in [4.69, 9.17) is 11.6 Å². The molecule has 0 N–H and O–H groups in total.